The zero-order valence-corrected chi connectivity index (χ0v) is 17.5. The number of ether oxygens (including phenoxy) is 1. The van der Waals surface area contributed by atoms with Gasteiger partial charge in [-0.15, -0.1) is 0 Å². The van der Waals surface area contributed by atoms with Gasteiger partial charge in [-0.1, -0.05) is 26.8 Å². The number of carbonyl (C=O) groups excluding carboxylic acids is 3. The summed E-state index contributed by atoms with van der Waals surface area (Å²) in [4.78, 5) is 51.9. The second-order valence-corrected chi connectivity index (χ2v) is 8.76. The number of carbonyl (C=O) groups is 3. The molecule has 1 aromatic rings. The molecule has 2 saturated heterocycles. The monoisotopic (exact) mass is 426 g/mol. The average molecular weight is 426 g/mol. The Hall–Kier alpha value is -3.56. The van der Waals surface area contributed by atoms with E-state index >= 15 is 0 Å². The van der Waals surface area contributed by atoms with Crippen LogP contribution < -0.4 is 9.64 Å². The number of hydrazone groups is 1. The highest BCUT2D eigenvalue weighted by Crippen LogP contribution is 2.48. The predicted octanol–water partition coefficient (Wildman–Crippen LogP) is 1.93. The molecule has 2 amide bonds. The molecule has 31 heavy (non-hydrogen) atoms. The largest absolute Gasteiger partial charge is 0.495 e. The molecule has 4 rings (SSSR count). The SMILES string of the molecule is COc1ccc([N+](=O)[O-])cc1N1C(=O)[C@H]2[C@H](C1=O)[C@@H](C(=O)C(C)(C)C)N1N=CC=C[C@H]21. The standard InChI is InChI=1S/C21H22N4O6/c1-21(2,3)18(26)17-16-15(12-6-5-9-22-24(12)17)19(27)23(20(16)28)13-10-11(25(29)30)7-8-14(13)31-4/h5-10,12,15-17H,1-4H3/t12-,15-,16+,17+/m1/s1. The maximum atomic E-state index is 13.6. The fraction of sp³-hybridized carbons (Fsp3) is 0.429. The molecule has 3 aliphatic heterocycles. The summed E-state index contributed by atoms with van der Waals surface area (Å²) in [5, 5.41) is 17.1. The van der Waals surface area contributed by atoms with E-state index < -0.39 is 46.1 Å². The van der Waals surface area contributed by atoms with Gasteiger partial charge in [-0.05, 0) is 12.1 Å². The minimum atomic E-state index is -0.951. The van der Waals surface area contributed by atoms with Crippen molar-refractivity contribution in [2.75, 3.05) is 12.0 Å². The number of Topliss-reactive ketones (excluding diaryl/α,β-unsaturated/α-hetero) is 1. The van der Waals surface area contributed by atoms with Gasteiger partial charge in [0.05, 0.1) is 29.9 Å². The number of rotatable bonds is 4. The lowest BCUT2D eigenvalue weighted by molar-refractivity contribution is -0.384. The molecule has 4 atom stereocenters. The number of benzene rings is 1. The molecular formula is C21H22N4O6. The summed E-state index contributed by atoms with van der Waals surface area (Å²) in [6.45, 7) is 5.26. The number of hydrogen-bond acceptors (Lipinski definition) is 8. The van der Waals surface area contributed by atoms with E-state index in [1.807, 2.05) is 0 Å². The number of amides is 2. The second kappa shape index (κ2) is 7.00. The number of fused-ring (bicyclic) bond motifs is 3. The quantitative estimate of drug-likeness (QED) is 0.409. The van der Waals surface area contributed by atoms with E-state index in [0.717, 1.165) is 11.0 Å². The molecule has 0 unspecified atom stereocenters. The van der Waals surface area contributed by atoms with Gasteiger partial charge in [-0.3, -0.25) is 29.5 Å². The van der Waals surface area contributed by atoms with Crippen LogP contribution in [-0.2, 0) is 14.4 Å². The number of non-ortho nitro benzene ring substituents is 1. The number of imide groups is 1. The van der Waals surface area contributed by atoms with Crippen LogP contribution in [0.3, 0.4) is 0 Å². The topological polar surface area (TPSA) is 122 Å². The van der Waals surface area contributed by atoms with Gasteiger partial charge in [0.2, 0.25) is 11.8 Å². The van der Waals surface area contributed by atoms with Gasteiger partial charge in [-0.2, -0.15) is 5.10 Å². The summed E-state index contributed by atoms with van der Waals surface area (Å²) in [6, 6.07) is 2.25. The second-order valence-electron chi connectivity index (χ2n) is 8.76. The molecule has 10 nitrogen and oxygen atoms in total. The molecule has 1 aromatic carbocycles. The molecule has 3 aliphatic rings. The van der Waals surface area contributed by atoms with Gasteiger partial charge in [0.15, 0.2) is 5.78 Å². The van der Waals surface area contributed by atoms with E-state index in [-0.39, 0.29) is 22.9 Å². The molecule has 0 N–H and O–H groups in total. The van der Waals surface area contributed by atoms with Crippen LogP contribution >= 0.6 is 0 Å². The molecule has 0 aromatic heterocycles. The summed E-state index contributed by atoms with van der Waals surface area (Å²) >= 11 is 0. The molecule has 0 spiro atoms. The van der Waals surface area contributed by atoms with Crippen LogP contribution in [0.1, 0.15) is 20.8 Å². The molecular weight excluding hydrogens is 404 g/mol. The Balaban J connectivity index is 1.83. The Labute approximate surface area is 178 Å². The highest BCUT2D eigenvalue weighted by Gasteiger charge is 2.65. The summed E-state index contributed by atoms with van der Waals surface area (Å²) in [6.07, 6.45) is 4.95. The van der Waals surface area contributed by atoms with E-state index in [1.54, 1.807) is 37.9 Å². The fourth-order valence-corrected chi connectivity index (χ4v) is 4.49. The van der Waals surface area contributed by atoms with E-state index in [0.29, 0.717) is 0 Å². The molecule has 0 radical (unpaired) electrons. The Morgan fingerprint density at radius 2 is 1.87 bits per heavy atom. The maximum absolute atomic E-state index is 13.6. The van der Waals surface area contributed by atoms with Crippen molar-refractivity contribution in [3.05, 3.63) is 40.5 Å². The molecule has 0 bridgehead atoms. The summed E-state index contributed by atoms with van der Waals surface area (Å²) in [7, 11) is 1.35. The van der Waals surface area contributed by atoms with Crippen LogP contribution in [0.2, 0.25) is 0 Å². The van der Waals surface area contributed by atoms with Crippen molar-refractivity contribution >= 4 is 35.2 Å². The first kappa shape index (κ1) is 20.7. The van der Waals surface area contributed by atoms with Crippen molar-refractivity contribution in [3.8, 4) is 5.75 Å². The van der Waals surface area contributed by atoms with Crippen LogP contribution in [-0.4, -0.2) is 52.9 Å². The zero-order chi connectivity index (χ0) is 22.7. The predicted molar refractivity (Wildman–Crippen MR) is 111 cm³/mol. The third-order valence-corrected chi connectivity index (χ3v) is 5.91. The lowest BCUT2D eigenvalue weighted by Gasteiger charge is -2.33. The molecule has 0 aliphatic carbocycles. The third kappa shape index (κ3) is 3.01. The van der Waals surface area contributed by atoms with Crippen molar-refractivity contribution in [1.82, 2.24) is 5.01 Å². The number of nitro groups is 1. The third-order valence-electron chi connectivity index (χ3n) is 5.91. The number of allylic oxidation sites excluding steroid dienone is 1. The minimum absolute atomic E-state index is 0.00195. The fourth-order valence-electron chi connectivity index (χ4n) is 4.49. The van der Waals surface area contributed by atoms with Crippen LogP contribution in [0.15, 0.2) is 35.5 Å². The van der Waals surface area contributed by atoms with Gasteiger partial charge in [0, 0.05) is 23.8 Å². The number of hydrogen-bond donors (Lipinski definition) is 0. The summed E-state index contributed by atoms with van der Waals surface area (Å²) < 4.78 is 5.26. The van der Waals surface area contributed by atoms with Gasteiger partial charge < -0.3 is 4.74 Å². The van der Waals surface area contributed by atoms with Crippen molar-refractivity contribution in [2.45, 2.75) is 32.9 Å². The first-order chi connectivity index (χ1) is 14.6. The number of ketones is 1. The maximum Gasteiger partial charge on any atom is 0.271 e. The molecule has 0 saturated carbocycles. The van der Waals surface area contributed by atoms with Crippen molar-refractivity contribution in [1.29, 1.82) is 0 Å². The Bertz CT molecular complexity index is 1060. The van der Waals surface area contributed by atoms with Gasteiger partial charge >= 0.3 is 0 Å². The van der Waals surface area contributed by atoms with Gasteiger partial charge in [0.25, 0.3) is 5.69 Å². The van der Waals surface area contributed by atoms with Crippen LogP contribution in [0, 0.1) is 27.4 Å². The van der Waals surface area contributed by atoms with Gasteiger partial charge in [-0.25, -0.2) is 4.90 Å². The first-order valence-electron chi connectivity index (χ1n) is 9.81. The van der Waals surface area contributed by atoms with Gasteiger partial charge in [0.1, 0.15) is 17.5 Å². The lowest BCUT2D eigenvalue weighted by Crippen LogP contribution is -2.49. The number of anilines is 1. The summed E-state index contributed by atoms with van der Waals surface area (Å²) in [5.74, 6) is -2.95. The zero-order valence-electron chi connectivity index (χ0n) is 17.5. The van der Waals surface area contributed by atoms with Crippen LogP contribution in [0.4, 0.5) is 11.4 Å². The van der Waals surface area contributed by atoms with E-state index in [4.69, 9.17) is 4.74 Å². The normalized spacial score (nSPS) is 26.8. The van der Waals surface area contributed by atoms with Crippen LogP contribution in [0.5, 0.6) is 5.75 Å². The van der Waals surface area contributed by atoms with Crippen molar-refractivity contribution in [3.63, 3.8) is 0 Å². The highest BCUT2D eigenvalue weighted by molar-refractivity contribution is 6.25. The van der Waals surface area contributed by atoms with Crippen molar-refractivity contribution in [2.24, 2.45) is 22.4 Å². The highest BCUT2D eigenvalue weighted by atomic mass is 16.6. The average Bonchev–Trinajstić information content (AvgIpc) is 3.19. The minimum Gasteiger partial charge on any atom is -0.495 e. The smallest absolute Gasteiger partial charge is 0.271 e. The number of nitro benzene ring substituents is 1. The lowest BCUT2D eigenvalue weighted by atomic mass is 9.80. The molecule has 162 valence electrons. The first-order valence-corrected chi connectivity index (χ1v) is 9.81. The molecule has 2 fully saturated rings. The Morgan fingerprint density at radius 3 is 2.48 bits per heavy atom. The molecule has 10 heteroatoms. The Morgan fingerprint density at radius 1 is 1.19 bits per heavy atom. The number of methoxy groups -OCH3 is 1. The van der Waals surface area contributed by atoms with Crippen LogP contribution in [0.25, 0.3) is 0 Å². The summed E-state index contributed by atoms with van der Waals surface area (Å²) in [5.41, 5.74) is -1.04. The number of nitrogens with zero attached hydrogens (tertiary/aromatic N) is 4. The van der Waals surface area contributed by atoms with Crippen molar-refractivity contribution < 1.29 is 24.0 Å². The van der Waals surface area contributed by atoms with E-state index in [9.17, 15) is 24.5 Å². The Kier molecular flexibility index (Phi) is 4.68. The van der Waals surface area contributed by atoms with E-state index in [1.165, 1.54) is 25.5 Å². The molecule has 3 heterocycles. The van der Waals surface area contributed by atoms with E-state index in [2.05, 4.69) is 5.10 Å².